The number of hydrogen-bond acceptors (Lipinski definition) is 4. The van der Waals surface area contributed by atoms with Crippen molar-refractivity contribution >= 4 is 23.4 Å². The summed E-state index contributed by atoms with van der Waals surface area (Å²) < 4.78 is 0. The number of carbonyl (C=O) groups excluding carboxylic acids is 1. The van der Waals surface area contributed by atoms with E-state index in [4.69, 9.17) is 5.73 Å². The van der Waals surface area contributed by atoms with Crippen LogP contribution >= 0.6 is 11.8 Å². The largest absolute Gasteiger partial charge is 0.397 e. The minimum atomic E-state index is 0.0203. The number of pyridine rings is 1. The van der Waals surface area contributed by atoms with Gasteiger partial charge in [-0.05, 0) is 18.6 Å². The van der Waals surface area contributed by atoms with Crippen LogP contribution in [-0.4, -0.2) is 23.2 Å². The maximum absolute atomic E-state index is 11.3. The lowest BCUT2D eigenvalue weighted by atomic mass is 10.4. The highest BCUT2D eigenvalue weighted by Crippen LogP contribution is 2.20. The van der Waals surface area contributed by atoms with E-state index in [1.807, 2.05) is 6.92 Å². The molecule has 4 nitrogen and oxygen atoms in total. The number of nitrogens with two attached hydrogens (primary N) is 1. The topological polar surface area (TPSA) is 68.0 Å². The molecule has 0 aliphatic heterocycles. The van der Waals surface area contributed by atoms with E-state index in [-0.39, 0.29) is 5.91 Å². The number of nitrogens with zero attached hydrogens (tertiary/aromatic N) is 1. The highest BCUT2D eigenvalue weighted by molar-refractivity contribution is 8.00. The second kappa shape index (κ2) is 6.29. The number of amides is 1. The SMILES string of the molecule is CCCNC(=O)CSc1ncccc1N. The molecule has 1 amide bonds. The van der Waals surface area contributed by atoms with Crippen molar-refractivity contribution in [2.45, 2.75) is 18.4 Å². The summed E-state index contributed by atoms with van der Waals surface area (Å²) in [5.74, 6) is 0.383. The molecule has 3 N–H and O–H groups in total. The molecule has 0 aliphatic carbocycles. The molecule has 0 aromatic carbocycles. The molecule has 0 aliphatic rings. The molecule has 0 saturated carbocycles. The Morgan fingerprint density at radius 3 is 3.13 bits per heavy atom. The number of anilines is 1. The van der Waals surface area contributed by atoms with Crippen LogP contribution in [0.4, 0.5) is 5.69 Å². The number of thioether (sulfide) groups is 1. The smallest absolute Gasteiger partial charge is 0.230 e. The Morgan fingerprint density at radius 2 is 2.47 bits per heavy atom. The van der Waals surface area contributed by atoms with Gasteiger partial charge in [-0.2, -0.15) is 0 Å². The van der Waals surface area contributed by atoms with E-state index in [0.29, 0.717) is 16.5 Å². The Morgan fingerprint density at radius 1 is 1.67 bits per heavy atom. The number of carbonyl (C=O) groups is 1. The predicted octanol–water partition coefficient (Wildman–Crippen LogP) is 1.28. The Kier molecular flexibility index (Phi) is 4.97. The minimum Gasteiger partial charge on any atom is -0.397 e. The van der Waals surface area contributed by atoms with Crippen molar-refractivity contribution in [3.63, 3.8) is 0 Å². The number of aromatic nitrogens is 1. The van der Waals surface area contributed by atoms with Crippen LogP contribution in [0, 0.1) is 0 Å². The lowest BCUT2D eigenvalue weighted by Gasteiger charge is -2.04. The van der Waals surface area contributed by atoms with Gasteiger partial charge in [0.2, 0.25) is 5.91 Å². The molecule has 1 rings (SSSR count). The maximum atomic E-state index is 11.3. The van der Waals surface area contributed by atoms with E-state index >= 15 is 0 Å². The summed E-state index contributed by atoms with van der Waals surface area (Å²) in [5.41, 5.74) is 6.31. The van der Waals surface area contributed by atoms with Gasteiger partial charge in [0.1, 0.15) is 5.03 Å². The van der Waals surface area contributed by atoms with Crippen molar-refractivity contribution in [1.82, 2.24) is 10.3 Å². The molecular weight excluding hydrogens is 210 g/mol. The standard InChI is InChI=1S/C10H15N3OS/c1-2-5-12-9(14)7-15-10-8(11)4-3-6-13-10/h3-4,6H,2,5,7,11H2,1H3,(H,12,14). The van der Waals surface area contributed by atoms with Crippen LogP contribution in [-0.2, 0) is 4.79 Å². The zero-order valence-electron chi connectivity index (χ0n) is 8.69. The summed E-state index contributed by atoms with van der Waals surface area (Å²) in [7, 11) is 0. The molecule has 1 heterocycles. The van der Waals surface area contributed by atoms with Gasteiger partial charge in [0.15, 0.2) is 0 Å². The van der Waals surface area contributed by atoms with Crippen molar-refractivity contribution in [3.05, 3.63) is 18.3 Å². The lowest BCUT2D eigenvalue weighted by molar-refractivity contribution is -0.118. The third-order valence-electron chi connectivity index (χ3n) is 1.71. The summed E-state index contributed by atoms with van der Waals surface area (Å²) in [6.45, 7) is 2.74. The third-order valence-corrected chi connectivity index (χ3v) is 2.73. The van der Waals surface area contributed by atoms with Crippen LogP contribution in [0.15, 0.2) is 23.4 Å². The zero-order chi connectivity index (χ0) is 11.1. The van der Waals surface area contributed by atoms with E-state index in [0.717, 1.165) is 13.0 Å². The summed E-state index contributed by atoms with van der Waals surface area (Å²) in [6, 6.07) is 3.55. The van der Waals surface area contributed by atoms with Crippen molar-refractivity contribution in [2.24, 2.45) is 0 Å². The van der Waals surface area contributed by atoms with Crippen LogP contribution in [0.3, 0.4) is 0 Å². The summed E-state index contributed by atoms with van der Waals surface area (Å²) >= 11 is 1.36. The van der Waals surface area contributed by atoms with Gasteiger partial charge in [0.05, 0.1) is 11.4 Å². The van der Waals surface area contributed by atoms with Crippen LogP contribution in [0.2, 0.25) is 0 Å². The van der Waals surface area contributed by atoms with Gasteiger partial charge in [-0.15, -0.1) is 0 Å². The van der Waals surface area contributed by atoms with E-state index in [1.165, 1.54) is 11.8 Å². The van der Waals surface area contributed by atoms with Crippen LogP contribution in [0.25, 0.3) is 0 Å². The van der Waals surface area contributed by atoms with E-state index in [9.17, 15) is 4.79 Å². The second-order valence-electron chi connectivity index (χ2n) is 3.04. The second-order valence-corrected chi connectivity index (χ2v) is 4.00. The maximum Gasteiger partial charge on any atom is 0.230 e. The van der Waals surface area contributed by atoms with Gasteiger partial charge >= 0.3 is 0 Å². The van der Waals surface area contributed by atoms with Crippen LogP contribution in [0.1, 0.15) is 13.3 Å². The van der Waals surface area contributed by atoms with E-state index in [1.54, 1.807) is 18.3 Å². The molecular formula is C10H15N3OS. The molecule has 1 aromatic heterocycles. The number of rotatable bonds is 5. The highest BCUT2D eigenvalue weighted by atomic mass is 32.2. The molecule has 0 bridgehead atoms. The fraction of sp³-hybridized carbons (Fsp3) is 0.400. The van der Waals surface area contributed by atoms with Gasteiger partial charge in [0, 0.05) is 12.7 Å². The fourth-order valence-electron chi connectivity index (χ4n) is 0.973. The zero-order valence-corrected chi connectivity index (χ0v) is 9.51. The Bertz CT molecular complexity index is 330. The first-order chi connectivity index (χ1) is 7.24. The molecule has 15 heavy (non-hydrogen) atoms. The third kappa shape index (κ3) is 4.20. The van der Waals surface area contributed by atoms with Gasteiger partial charge in [0.25, 0.3) is 0 Å². The molecule has 5 heteroatoms. The van der Waals surface area contributed by atoms with Crippen molar-refractivity contribution in [2.75, 3.05) is 18.0 Å². The molecule has 0 unspecified atom stereocenters. The molecule has 0 fully saturated rings. The lowest BCUT2D eigenvalue weighted by Crippen LogP contribution is -2.25. The predicted molar refractivity (Wildman–Crippen MR) is 62.7 cm³/mol. The van der Waals surface area contributed by atoms with Gasteiger partial charge in [-0.1, -0.05) is 18.7 Å². The summed E-state index contributed by atoms with van der Waals surface area (Å²) in [6.07, 6.45) is 2.62. The molecule has 1 aromatic rings. The van der Waals surface area contributed by atoms with E-state index in [2.05, 4.69) is 10.3 Å². The van der Waals surface area contributed by atoms with Gasteiger partial charge in [-0.3, -0.25) is 4.79 Å². The highest BCUT2D eigenvalue weighted by Gasteiger charge is 2.04. The number of hydrogen-bond donors (Lipinski definition) is 2. The molecule has 0 saturated heterocycles. The van der Waals surface area contributed by atoms with Crippen LogP contribution in [0.5, 0.6) is 0 Å². The Hall–Kier alpha value is -1.23. The van der Waals surface area contributed by atoms with E-state index < -0.39 is 0 Å². The Balaban J connectivity index is 2.37. The summed E-state index contributed by atoms with van der Waals surface area (Å²) in [5, 5.41) is 3.51. The first kappa shape index (κ1) is 11.8. The van der Waals surface area contributed by atoms with Gasteiger partial charge in [-0.25, -0.2) is 4.98 Å². The number of nitrogen functional groups attached to an aromatic ring is 1. The molecule has 0 spiro atoms. The quantitative estimate of drug-likeness (QED) is 0.741. The molecule has 82 valence electrons. The van der Waals surface area contributed by atoms with Crippen molar-refractivity contribution in [3.8, 4) is 0 Å². The average Bonchev–Trinajstić information content (AvgIpc) is 2.25. The Labute approximate surface area is 93.7 Å². The fourth-order valence-corrected chi connectivity index (χ4v) is 1.71. The van der Waals surface area contributed by atoms with Gasteiger partial charge < -0.3 is 11.1 Å². The first-order valence-corrected chi connectivity index (χ1v) is 5.82. The number of nitrogens with one attached hydrogen (secondary N) is 1. The molecule has 0 atom stereocenters. The van der Waals surface area contributed by atoms with Crippen molar-refractivity contribution in [1.29, 1.82) is 0 Å². The first-order valence-electron chi connectivity index (χ1n) is 4.84. The normalized spacial score (nSPS) is 9.93. The van der Waals surface area contributed by atoms with Crippen LogP contribution < -0.4 is 11.1 Å². The average molecular weight is 225 g/mol. The minimum absolute atomic E-state index is 0.0203. The summed E-state index contributed by atoms with van der Waals surface area (Å²) in [4.78, 5) is 15.4. The molecule has 0 radical (unpaired) electrons. The monoisotopic (exact) mass is 225 g/mol. The van der Waals surface area contributed by atoms with Crippen molar-refractivity contribution < 1.29 is 4.79 Å².